The van der Waals surface area contributed by atoms with Gasteiger partial charge in [0.25, 0.3) is 11.6 Å². The van der Waals surface area contributed by atoms with Crippen molar-refractivity contribution in [3.8, 4) is 0 Å². The average Bonchev–Trinajstić information content (AvgIpc) is 2.73. The summed E-state index contributed by atoms with van der Waals surface area (Å²) in [6.07, 6.45) is 1.18. The zero-order valence-corrected chi connectivity index (χ0v) is 16.6. The molecule has 0 aromatic heterocycles. The summed E-state index contributed by atoms with van der Waals surface area (Å²) in [7, 11) is 0. The lowest BCUT2D eigenvalue weighted by atomic mass is 9.84. The third-order valence-corrected chi connectivity index (χ3v) is 4.70. The van der Waals surface area contributed by atoms with E-state index in [1.807, 2.05) is 26.0 Å². The average molecular weight is 403 g/mol. The highest BCUT2D eigenvalue weighted by Gasteiger charge is 2.40. The van der Waals surface area contributed by atoms with Crippen LogP contribution in [0.2, 0.25) is 0 Å². The Kier molecular flexibility index (Phi) is 6.03. The van der Waals surface area contributed by atoms with Gasteiger partial charge in [-0.1, -0.05) is 71.8 Å². The van der Waals surface area contributed by atoms with Crippen LogP contribution in [0.25, 0.3) is 0 Å². The minimum atomic E-state index is -1.99. The second-order valence-corrected chi connectivity index (χ2v) is 6.96. The molecule has 3 aromatic rings. The van der Waals surface area contributed by atoms with Gasteiger partial charge < -0.3 is 5.11 Å². The maximum Gasteiger partial charge on any atom is 0.281 e. The zero-order chi connectivity index (χ0) is 21.7. The summed E-state index contributed by atoms with van der Waals surface area (Å²) in [5, 5.41) is 26.5. The number of aliphatic hydroxyl groups is 1. The summed E-state index contributed by atoms with van der Waals surface area (Å²) in [6, 6.07) is 20.1. The number of hydrazone groups is 1. The van der Waals surface area contributed by atoms with Crippen molar-refractivity contribution in [2.24, 2.45) is 5.10 Å². The standard InChI is InChI=1S/C23H21N3O4/c1-16-7-5-10-19(13-16)23(28,20-11-6-8-17(2)14-20)22(27)25-24-15-18-9-3-4-12-21(18)26(29)30/h3-15,28H,1-2H3,(H,25,27)/b24-15+. The maximum atomic E-state index is 13.1. The zero-order valence-electron chi connectivity index (χ0n) is 16.6. The molecule has 0 unspecified atom stereocenters. The van der Waals surface area contributed by atoms with E-state index in [0.29, 0.717) is 11.1 Å². The molecule has 2 N–H and O–H groups in total. The Hall–Kier alpha value is -3.84. The molecule has 0 fully saturated rings. The lowest BCUT2D eigenvalue weighted by molar-refractivity contribution is -0.385. The van der Waals surface area contributed by atoms with Gasteiger partial charge in [0.05, 0.1) is 16.7 Å². The van der Waals surface area contributed by atoms with E-state index in [9.17, 15) is 20.0 Å². The quantitative estimate of drug-likeness (QED) is 0.373. The van der Waals surface area contributed by atoms with Crippen LogP contribution in [0.15, 0.2) is 77.9 Å². The number of carbonyl (C=O) groups is 1. The summed E-state index contributed by atoms with van der Waals surface area (Å²) in [4.78, 5) is 23.7. The van der Waals surface area contributed by atoms with Gasteiger partial charge in [-0.05, 0) is 31.0 Å². The van der Waals surface area contributed by atoms with Crippen molar-refractivity contribution in [2.75, 3.05) is 0 Å². The van der Waals surface area contributed by atoms with E-state index in [1.165, 1.54) is 18.3 Å². The van der Waals surface area contributed by atoms with Gasteiger partial charge in [-0.3, -0.25) is 14.9 Å². The Balaban J connectivity index is 1.97. The maximum absolute atomic E-state index is 13.1. The molecular formula is C23H21N3O4. The smallest absolute Gasteiger partial charge is 0.281 e. The largest absolute Gasteiger partial charge is 0.372 e. The van der Waals surface area contributed by atoms with Crippen LogP contribution < -0.4 is 5.43 Å². The lowest BCUT2D eigenvalue weighted by Crippen LogP contribution is -2.43. The molecule has 7 heteroatoms. The number of nitro groups is 1. The number of nitro benzene ring substituents is 1. The number of para-hydroxylation sites is 1. The van der Waals surface area contributed by atoms with E-state index in [2.05, 4.69) is 10.5 Å². The van der Waals surface area contributed by atoms with E-state index < -0.39 is 16.4 Å². The molecular weight excluding hydrogens is 382 g/mol. The fraction of sp³-hybridized carbons (Fsp3) is 0.130. The van der Waals surface area contributed by atoms with Crippen molar-refractivity contribution < 1.29 is 14.8 Å². The fourth-order valence-electron chi connectivity index (χ4n) is 3.17. The summed E-state index contributed by atoms with van der Waals surface area (Å²) < 4.78 is 0. The second kappa shape index (κ2) is 8.67. The number of nitrogens with one attached hydrogen (secondary N) is 1. The molecule has 7 nitrogen and oxygen atoms in total. The minimum Gasteiger partial charge on any atom is -0.372 e. The Morgan fingerprint density at radius 3 is 2.10 bits per heavy atom. The molecule has 0 saturated carbocycles. The number of rotatable bonds is 6. The summed E-state index contributed by atoms with van der Waals surface area (Å²) in [5.41, 5.74) is 3.00. The predicted molar refractivity (Wildman–Crippen MR) is 114 cm³/mol. The number of amides is 1. The van der Waals surface area contributed by atoms with Gasteiger partial charge in [0.2, 0.25) is 0 Å². The van der Waals surface area contributed by atoms with E-state index in [1.54, 1.807) is 48.5 Å². The van der Waals surface area contributed by atoms with Gasteiger partial charge in [-0.15, -0.1) is 0 Å². The van der Waals surface area contributed by atoms with Gasteiger partial charge in [-0.25, -0.2) is 5.43 Å². The fourth-order valence-corrected chi connectivity index (χ4v) is 3.17. The van der Waals surface area contributed by atoms with Crippen LogP contribution in [0.1, 0.15) is 27.8 Å². The van der Waals surface area contributed by atoms with Crippen LogP contribution in [0.3, 0.4) is 0 Å². The van der Waals surface area contributed by atoms with Crippen LogP contribution in [0.4, 0.5) is 5.69 Å². The van der Waals surface area contributed by atoms with Gasteiger partial charge in [0, 0.05) is 6.07 Å². The highest BCUT2D eigenvalue weighted by atomic mass is 16.6. The Morgan fingerprint density at radius 2 is 1.57 bits per heavy atom. The van der Waals surface area contributed by atoms with Crippen LogP contribution >= 0.6 is 0 Å². The highest BCUT2D eigenvalue weighted by molar-refractivity contribution is 5.92. The van der Waals surface area contributed by atoms with Crippen molar-refractivity contribution in [3.05, 3.63) is 111 Å². The number of aryl methyl sites for hydroxylation is 2. The van der Waals surface area contributed by atoms with Gasteiger partial charge in [0.15, 0.2) is 5.60 Å². The molecule has 0 heterocycles. The van der Waals surface area contributed by atoms with Crippen LogP contribution in [-0.2, 0) is 10.4 Å². The van der Waals surface area contributed by atoms with Crippen LogP contribution in [0, 0.1) is 24.0 Å². The lowest BCUT2D eigenvalue weighted by Gasteiger charge is -2.27. The number of hydrogen-bond donors (Lipinski definition) is 2. The van der Waals surface area contributed by atoms with Crippen LogP contribution in [-0.4, -0.2) is 22.2 Å². The number of carbonyl (C=O) groups excluding carboxylic acids is 1. The van der Waals surface area contributed by atoms with Crippen LogP contribution in [0.5, 0.6) is 0 Å². The monoisotopic (exact) mass is 403 g/mol. The molecule has 0 bridgehead atoms. The molecule has 0 atom stereocenters. The molecule has 152 valence electrons. The number of hydrogen-bond acceptors (Lipinski definition) is 5. The summed E-state index contributed by atoms with van der Waals surface area (Å²) in [6.45, 7) is 3.73. The van der Waals surface area contributed by atoms with E-state index in [-0.39, 0.29) is 11.3 Å². The van der Waals surface area contributed by atoms with Gasteiger partial charge >= 0.3 is 0 Å². The number of nitrogens with zero attached hydrogens (tertiary/aromatic N) is 2. The van der Waals surface area contributed by atoms with Crippen molar-refractivity contribution in [3.63, 3.8) is 0 Å². The van der Waals surface area contributed by atoms with E-state index in [4.69, 9.17) is 0 Å². The first-order valence-electron chi connectivity index (χ1n) is 9.26. The molecule has 0 spiro atoms. The molecule has 30 heavy (non-hydrogen) atoms. The van der Waals surface area contributed by atoms with Crippen molar-refractivity contribution in [1.82, 2.24) is 5.43 Å². The summed E-state index contributed by atoms with van der Waals surface area (Å²) >= 11 is 0. The Labute approximate surface area is 173 Å². The molecule has 3 rings (SSSR count). The first-order valence-corrected chi connectivity index (χ1v) is 9.26. The van der Waals surface area contributed by atoms with Gasteiger partial charge in [-0.2, -0.15) is 5.10 Å². The third kappa shape index (κ3) is 4.26. The minimum absolute atomic E-state index is 0.136. The topological polar surface area (TPSA) is 105 Å². The van der Waals surface area contributed by atoms with Crippen molar-refractivity contribution in [1.29, 1.82) is 0 Å². The Morgan fingerprint density at radius 1 is 1.00 bits per heavy atom. The molecule has 0 aliphatic rings. The van der Waals surface area contributed by atoms with E-state index in [0.717, 1.165) is 11.1 Å². The normalized spacial score (nSPS) is 11.4. The number of benzene rings is 3. The van der Waals surface area contributed by atoms with Gasteiger partial charge in [0.1, 0.15) is 0 Å². The second-order valence-electron chi connectivity index (χ2n) is 6.96. The predicted octanol–water partition coefficient (Wildman–Crippen LogP) is 3.60. The highest BCUT2D eigenvalue weighted by Crippen LogP contribution is 2.31. The molecule has 0 saturated heterocycles. The van der Waals surface area contributed by atoms with E-state index >= 15 is 0 Å². The molecule has 1 amide bonds. The SMILES string of the molecule is Cc1cccc(C(O)(C(=O)N/N=C/c2ccccc2[N+](=O)[O-])c2cccc(C)c2)c1. The van der Waals surface area contributed by atoms with Crippen molar-refractivity contribution in [2.45, 2.75) is 19.4 Å². The third-order valence-electron chi connectivity index (χ3n) is 4.70. The molecule has 0 radical (unpaired) electrons. The molecule has 0 aliphatic carbocycles. The summed E-state index contributed by atoms with van der Waals surface area (Å²) in [5.74, 6) is -0.770. The molecule has 0 aliphatic heterocycles. The first-order chi connectivity index (χ1) is 14.3. The Bertz CT molecular complexity index is 1080. The molecule has 3 aromatic carbocycles. The first kappa shape index (κ1) is 20.9. The van der Waals surface area contributed by atoms with Crippen molar-refractivity contribution >= 4 is 17.8 Å².